The van der Waals surface area contributed by atoms with Crippen LogP contribution in [-0.4, -0.2) is 87.4 Å². The first-order valence-corrected chi connectivity index (χ1v) is 27.0. The van der Waals surface area contributed by atoms with Crippen molar-refractivity contribution in [1.82, 2.24) is 0 Å². The van der Waals surface area contributed by atoms with Gasteiger partial charge in [-0.1, -0.05) is 198 Å². The summed E-state index contributed by atoms with van der Waals surface area (Å²) in [5.74, 6) is -2.15. The lowest BCUT2D eigenvalue weighted by Crippen LogP contribution is -2.40. The van der Waals surface area contributed by atoms with Gasteiger partial charge in [0, 0.05) is 12.8 Å². The normalized spacial score (nSPS) is 14.0. The number of carbonyl (C=O) groups is 3. The summed E-state index contributed by atoms with van der Waals surface area (Å²) in [6.45, 7) is 4.51. The Morgan fingerprint density at radius 3 is 1.18 bits per heavy atom. The second-order valence-corrected chi connectivity index (χ2v) is 18.4. The van der Waals surface area contributed by atoms with Crippen molar-refractivity contribution in [3.05, 3.63) is 146 Å². The van der Waals surface area contributed by atoms with E-state index in [-0.39, 0.29) is 32.7 Å². The lowest BCUT2D eigenvalue weighted by atomic mass is 10.1. The van der Waals surface area contributed by atoms with Crippen molar-refractivity contribution in [2.75, 3.05) is 47.5 Å². The van der Waals surface area contributed by atoms with E-state index in [4.69, 9.17) is 18.9 Å². The van der Waals surface area contributed by atoms with Crippen LogP contribution in [0.5, 0.6) is 0 Å². The van der Waals surface area contributed by atoms with Gasteiger partial charge in [0.2, 0.25) is 0 Å². The summed E-state index contributed by atoms with van der Waals surface area (Å²) >= 11 is 0. The molecule has 0 radical (unpaired) electrons. The molecule has 0 aromatic carbocycles. The molecular weight excluding hydrogens is 887 g/mol. The molecule has 2 atom stereocenters. The number of hydrogen-bond acceptors (Lipinski definition) is 7. The monoisotopic (exact) mass is 985 g/mol. The number of aliphatic carboxylic acids is 1. The lowest BCUT2D eigenvalue weighted by Gasteiger charge is -2.25. The van der Waals surface area contributed by atoms with Crippen molar-refractivity contribution < 1.29 is 42.9 Å². The molecule has 0 heterocycles. The largest absolute Gasteiger partial charge is 0.477 e. The number of carboxylic acid groups (broad SMARTS) is 1. The van der Waals surface area contributed by atoms with E-state index in [0.717, 1.165) is 103 Å². The topological polar surface area (TPSA) is 108 Å². The fourth-order valence-corrected chi connectivity index (χ4v) is 6.51. The second kappa shape index (κ2) is 51.5. The first-order chi connectivity index (χ1) is 34.6. The number of carboxylic acids is 1. The van der Waals surface area contributed by atoms with Gasteiger partial charge in [0.25, 0.3) is 6.29 Å². The SMILES string of the molecule is CC/C=C\C/C=C\C/C=C\C/C=C\C/C=C\C/C=C\C/C=C\C/C=C\CCCCCCCCCCC(=O)OC(COC(=O)CC/C=C\C/C=C\C/C=C\C/C=C\CC)COC(OCC[N+](C)(C)C)C(=O)O. The first kappa shape index (κ1) is 66.2. The van der Waals surface area contributed by atoms with Crippen LogP contribution in [0.15, 0.2) is 146 Å². The minimum Gasteiger partial charge on any atom is -0.477 e. The zero-order valence-electron chi connectivity index (χ0n) is 45.1. The number of nitrogens with zero attached hydrogens (tertiary/aromatic N) is 1. The number of likely N-dealkylation sites (N-methyl/N-ethyl adjacent to an activating group) is 1. The number of hydrogen-bond donors (Lipinski definition) is 1. The average Bonchev–Trinajstić information content (AvgIpc) is 3.34. The quantitative estimate of drug-likeness (QED) is 0.0211. The van der Waals surface area contributed by atoms with E-state index < -0.39 is 30.3 Å². The van der Waals surface area contributed by atoms with Crippen molar-refractivity contribution >= 4 is 17.9 Å². The Kier molecular flexibility index (Phi) is 48.0. The highest BCUT2D eigenvalue weighted by Gasteiger charge is 2.25. The number of unbranched alkanes of at least 4 members (excludes halogenated alkanes) is 8. The molecule has 71 heavy (non-hydrogen) atoms. The van der Waals surface area contributed by atoms with Crippen LogP contribution in [0, 0.1) is 0 Å². The Balaban J connectivity index is 4.31. The van der Waals surface area contributed by atoms with Gasteiger partial charge in [0.05, 0.1) is 34.4 Å². The Hall–Kier alpha value is -4.83. The third-order valence-electron chi connectivity index (χ3n) is 10.6. The molecule has 0 aliphatic carbocycles. The predicted octanol–water partition coefficient (Wildman–Crippen LogP) is 15.7. The number of allylic oxidation sites excluding steroid dienone is 24. The summed E-state index contributed by atoms with van der Waals surface area (Å²) in [5, 5.41) is 9.67. The van der Waals surface area contributed by atoms with Crippen molar-refractivity contribution in [2.24, 2.45) is 0 Å². The molecule has 1 N–H and O–H groups in total. The number of quaternary nitrogens is 1. The van der Waals surface area contributed by atoms with Crippen LogP contribution >= 0.6 is 0 Å². The van der Waals surface area contributed by atoms with Gasteiger partial charge >= 0.3 is 17.9 Å². The molecule has 0 amide bonds. The van der Waals surface area contributed by atoms with E-state index in [1.807, 2.05) is 33.3 Å². The summed E-state index contributed by atoms with van der Waals surface area (Å²) in [7, 11) is 5.92. The van der Waals surface area contributed by atoms with Gasteiger partial charge in [-0.05, 0) is 103 Å². The maximum atomic E-state index is 12.8. The third kappa shape index (κ3) is 52.8. The molecule has 398 valence electrons. The lowest BCUT2D eigenvalue weighted by molar-refractivity contribution is -0.870. The number of carbonyl (C=O) groups excluding carboxylic acids is 2. The smallest absolute Gasteiger partial charge is 0.361 e. The summed E-state index contributed by atoms with van der Waals surface area (Å²) in [4.78, 5) is 37.2. The van der Waals surface area contributed by atoms with E-state index in [9.17, 15) is 19.5 Å². The molecule has 0 aromatic heterocycles. The van der Waals surface area contributed by atoms with E-state index >= 15 is 0 Å². The van der Waals surface area contributed by atoms with Crippen molar-refractivity contribution in [3.8, 4) is 0 Å². The molecule has 0 rings (SSSR count). The number of esters is 2. The van der Waals surface area contributed by atoms with Crippen molar-refractivity contribution in [3.63, 3.8) is 0 Å². The van der Waals surface area contributed by atoms with E-state index in [2.05, 4.69) is 148 Å². The van der Waals surface area contributed by atoms with Crippen LogP contribution in [0.4, 0.5) is 0 Å². The first-order valence-electron chi connectivity index (χ1n) is 27.0. The number of rotatable bonds is 47. The zero-order valence-corrected chi connectivity index (χ0v) is 45.1. The highest BCUT2D eigenvalue weighted by Crippen LogP contribution is 2.13. The summed E-state index contributed by atoms with van der Waals surface area (Å²) in [6, 6.07) is 0. The van der Waals surface area contributed by atoms with Gasteiger partial charge in [-0.15, -0.1) is 0 Å². The van der Waals surface area contributed by atoms with Crippen molar-refractivity contribution in [1.29, 1.82) is 0 Å². The summed E-state index contributed by atoms with van der Waals surface area (Å²) in [5.41, 5.74) is 0. The molecule has 0 aliphatic heterocycles. The van der Waals surface area contributed by atoms with Gasteiger partial charge in [-0.2, -0.15) is 0 Å². The highest BCUT2D eigenvalue weighted by atomic mass is 16.7. The average molecular weight is 985 g/mol. The van der Waals surface area contributed by atoms with Gasteiger partial charge in [-0.3, -0.25) is 9.59 Å². The Morgan fingerprint density at radius 1 is 0.423 bits per heavy atom. The molecule has 0 aromatic rings. The number of ether oxygens (including phenoxy) is 4. The Bertz CT molecular complexity index is 1670. The van der Waals surface area contributed by atoms with Crippen LogP contribution in [0.2, 0.25) is 0 Å². The van der Waals surface area contributed by atoms with Crippen molar-refractivity contribution in [2.45, 2.75) is 180 Å². The van der Waals surface area contributed by atoms with Crippen LogP contribution in [0.1, 0.15) is 168 Å². The molecular formula is C62H98NO8+. The predicted molar refractivity (Wildman–Crippen MR) is 299 cm³/mol. The molecule has 9 nitrogen and oxygen atoms in total. The highest BCUT2D eigenvalue weighted by molar-refractivity contribution is 5.71. The molecule has 0 fully saturated rings. The van der Waals surface area contributed by atoms with E-state index in [1.54, 1.807) is 0 Å². The minimum absolute atomic E-state index is 0.167. The fourth-order valence-electron chi connectivity index (χ4n) is 6.51. The molecule has 0 saturated heterocycles. The molecule has 0 bridgehead atoms. The Morgan fingerprint density at radius 2 is 0.789 bits per heavy atom. The maximum Gasteiger partial charge on any atom is 0.361 e. The summed E-state index contributed by atoms with van der Waals surface area (Å²) in [6.07, 6.45) is 72.3. The van der Waals surface area contributed by atoms with Gasteiger partial charge in [0.1, 0.15) is 13.2 Å². The molecule has 0 spiro atoms. The van der Waals surface area contributed by atoms with Gasteiger partial charge in [0.15, 0.2) is 6.10 Å². The minimum atomic E-state index is -1.54. The zero-order chi connectivity index (χ0) is 52.0. The fraction of sp³-hybridized carbons (Fsp3) is 0.565. The van der Waals surface area contributed by atoms with Gasteiger partial charge < -0.3 is 28.5 Å². The van der Waals surface area contributed by atoms with E-state index in [0.29, 0.717) is 23.9 Å². The third-order valence-corrected chi connectivity index (χ3v) is 10.6. The van der Waals surface area contributed by atoms with Crippen LogP contribution in [0.25, 0.3) is 0 Å². The standard InChI is InChI=1S/C62H97NO8/c1-6-8-10-12-14-16-18-20-21-22-23-24-25-26-27-28-29-30-31-32-33-34-35-36-37-38-39-41-43-45-47-49-51-53-60(65)71-58(57-70-62(61(66)67)68-55-54-63(3,4)5)56-69-59(64)52-50-48-46-44-42-40-19-17-15-13-11-9-7-2/h8-11,14-17,20-21,23-24,26-27,29-30,32-33,35-36,40,42,46,48,58,62H,6-7,12-13,18-19,22,25,28,31,34,37-39,41,43-45,47,49-57H2,1-5H3/p+1/b10-8-,11-9-,16-14-,17-15-,21-20-,24-23-,27-26-,30-29-,33-32-,36-35-,42-40-,48-46-. The van der Waals surface area contributed by atoms with Crippen LogP contribution in [-0.2, 0) is 33.3 Å². The Labute approximate surface area is 432 Å². The van der Waals surface area contributed by atoms with Crippen LogP contribution < -0.4 is 0 Å². The molecule has 0 saturated carbocycles. The molecule has 2 unspecified atom stereocenters. The molecule has 9 heteroatoms. The van der Waals surface area contributed by atoms with E-state index in [1.165, 1.54) is 25.7 Å². The summed E-state index contributed by atoms with van der Waals surface area (Å²) < 4.78 is 22.7. The van der Waals surface area contributed by atoms with Gasteiger partial charge in [-0.25, -0.2) is 4.79 Å². The molecule has 0 aliphatic rings. The maximum absolute atomic E-state index is 12.8. The van der Waals surface area contributed by atoms with Crippen LogP contribution in [0.3, 0.4) is 0 Å². The second-order valence-electron chi connectivity index (χ2n) is 18.4.